The van der Waals surface area contributed by atoms with Crippen LogP contribution in [0.3, 0.4) is 0 Å². The van der Waals surface area contributed by atoms with Crippen LogP contribution in [0.4, 0.5) is 17.6 Å². The third kappa shape index (κ3) is 5.46. The quantitative estimate of drug-likeness (QED) is 0.153. The Balaban J connectivity index is 1.66. The van der Waals surface area contributed by atoms with Gasteiger partial charge in [-0.1, -0.05) is 18.2 Å². The van der Waals surface area contributed by atoms with Gasteiger partial charge in [-0.25, -0.2) is 18.4 Å². The number of ether oxygens (including phenoxy) is 2. The number of thiazole rings is 1. The zero-order chi connectivity index (χ0) is 25.9. The maximum Gasteiger partial charge on any atom is 0.349 e. The number of benzene rings is 2. The summed E-state index contributed by atoms with van der Waals surface area (Å²) in [5.74, 6) is -3.93. The monoisotopic (exact) mass is 517 g/mol. The molecule has 0 radical (unpaired) electrons. The molecule has 11 heteroatoms. The lowest BCUT2D eigenvalue weighted by molar-refractivity contribution is -0.139. The van der Waals surface area contributed by atoms with Gasteiger partial charge in [0, 0.05) is 17.9 Å². The number of hydrogen-bond donors (Lipinski definition) is 0. The van der Waals surface area contributed by atoms with Crippen LogP contribution in [0.1, 0.15) is 23.9 Å². The van der Waals surface area contributed by atoms with Gasteiger partial charge in [0.1, 0.15) is 17.2 Å². The van der Waals surface area contributed by atoms with Crippen molar-refractivity contribution in [2.24, 2.45) is 0 Å². The zero-order valence-corrected chi connectivity index (χ0v) is 19.8. The smallest absolute Gasteiger partial charge is 0.349 e. The molecule has 0 aliphatic rings. The second kappa shape index (κ2) is 10.3. The molecule has 0 saturated carbocycles. The number of hydrogen-bond acceptors (Lipinski definition) is 6. The fourth-order valence-electron chi connectivity index (χ4n) is 3.23. The first kappa shape index (κ1) is 25.1. The summed E-state index contributed by atoms with van der Waals surface area (Å²) in [5.41, 5.74) is 0.890. The van der Waals surface area contributed by atoms with Gasteiger partial charge in [0.15, 0.2) is 0 Å². The standard InChI is InChI=1S/C25H19F4N3O3S/c1-15(33)35-20-9-4-16(5-10-20)3-8-18-13-22(25(28,29)23(26)27)32(31-18)24-30-21(14-36-24)17-6-11-19(34-2)12-7-17/h3-14,23H,1-2H3. The predicted molar refractivity (Wildman–Crippen MR) is 128 cm³/mol. The van der Waals surface area contributed by atoms with E-state index in [0.29, 0.717) is 28.3 Å². The van der Waals surface area contributed by atoms with Gasteiger partial charge in [-0.15, -0.1) is 11.3 Å². The van der Waals surface area contributed by atoms with Gasteiger partial charge in [-0.3, -0.25) is 4.79 Å². The molecule has 6 nitrogen and oxygen atoms in total. The van der Waals surface area contributed by atoms with E-state index in [4.69, 9.17) is 9.47 Å². The van der Waals surface area contributed by atoms with E-state index in [-0.39, 0.29) is 10.8 Å². The minimum Gasteiger partial charge on any atom is -0.497 e. The molecule has 4 aromatic rings. The Morgan fingerprint density at radius 1 is 1.06 bits per heavy atom. The molecule has 0 N–H and O–H groups in total. The number of halogens is 4. The first-order chi connectivity index (χ1) is 17.2. The molecule has 2 aromatic heterocycles. The number of aromatic nitrogens is 3. The minimum atomic E-state index is -4.45. The van der Waals surface area contributed by atoms with Gasteiger partial charge in [0.25, 0.3) is 0 Å². The molecule has 36 heavy (non-hydrogen) atoms. The Morgan fingerprint density at radius 3 is 2.33 bits per heavy atom. The molecule has 0 bridgehead atoms. The molecule has 2 heterocycles. The molecular weight excluding hydrogens is 498 g/mol. The fraction of sp³-hybridized carbons (Fsp3) is 0.160. The Morgan fingerprint density at radius 2 is 1.72 bits per heavy atom. The number of esters is 1. The molecule has 2 aromatic carbocycles. The molecule has 0 saturated heterocycles. The molecule has 0 aliphatic heterocycles. The van der Waals surface area contributed by atoms with Gasteiger partial charge >= 0.3 is 18.3 Å². The highest BCUT2D eigenvalue weighted by Crippen LogP contribution is 2.37. The van der Waals surface area contributed by atoms with E-state index in [0.717, 1.165) is 22.1 Å². The van der Waals surface area contributed by atoms with Crippen LogP contribution in [0.15, 0.2) is 60.0 Å². The van der Waals surface area contributed by atoms with E-state index in [9.17, 15) is 22.4 Å². The van der Waals surface area contributed by atoms with E-state index >= 15 is 0 Å². The summed E-state index contributed by atoms with van der Waals surface area (Å²) in [7, 11) is 1.53. The summed E-state index contributed by atoms with van der Waals surface area (Å²) < 4.78 is 66.2. The van der Waals surface area contributed by atoms with Crippen LogP contribution in [-0.4, -0.2) is 34.3 Å². The van der Waals surface area contributed by atoms with Crippen LogP contribution in [0.25, 0.3) is 28.5 Å². The topological polar surface area (TPSA) is 66.2 Å². The fourth-order valence-corrected chi connectivity index (χ4v) is 4.02. The summed E-state index contributed by atoms with van der Waals surface area (Å²) in [6, 6.07) is 14.3. The van der Waals surface area contributed by atoms with Crippen molar-refractivity contribution in [3.63, 3.8) is 0 Å². The first-order valence-electron chi connectivity index (χ1n) is 10.5. The second-order valence-electron chi connectivity index (χ2n) is 7.53. The van der Waals surface area contributed by atoms with Gasteiger partial charge in [0.05, 0.1) is 18.5 Å². The number of nitrogens with zero attached hydrogens (tertiary/aromatic N) is 3. The largest absolute Gasteiger partial charge is 0.497 e. The van der Waals surface area contributed by atoms with E-state index < -0.39 is 24.0 Å². The average molecular weight is 518 g/mol. The Kier molecular flexibility index (Phi) is 7.20. The Labute approximate surface area is 207 Å². The molecule has 0 atom stereocenters. The maximum absolute atomic E-state index is 14.4. The molecule has 0 unspecified atom stereocenters. The van der Waals surface area contributed by atoms with Gasteiger partial charge in [0.2, 0.25) is 5.13 Å². The third-order valence-electron chi connectivity index (χ3n) is 4.99. The molecule has 0 amide bonds. The number of alkyl halides is 4. The lowest BCUT2D eigenvalue weighted by atomic mass is 10.2. The summed E-state index contributed by atoms with van der Waals surface area (Å²) in [5, 5.41) is 5.75. The maximum atomic E-state index is 14.4. The van der Waals surface area contributed by atoms with Crippen LogP contribution in [0.2, 0.25) is 0 Å². The summed E-state index contributed by atoms with van der Waals surface area (Å²) in [6.07, 6.45) is -0.945. The van der Waals surface area contributed by atoms with E-state index in [1.54, 1.807) is 60.0 Å². The highest BCUT2D eigenvalue weighted by molar-refractivity contribution is 7.12. The zero-order valence-electron chi connectivity index (χ0n) is 19.0. The summed E-state index contributed by atoms with van der Waals surface area (Å²) in [4.78, 5) is 15.4. The van der Waals surface area contributed by atoms with Crippen molar-refractivity contribution in [1.29, 1.82) is 0 Å². The van der Waals surface area contributed by atoms with Crippen LogP contribution in [0, 0.1) is 0 Å². The predicted octanol–water partition coefficient (Wildman–Crippen LogP) is 6.46. The average Bonchev–Trinajstić information content (AvgIpc) is 3.51. The van der Waals surface area contributed by atoms with Crippen LogP contribution >= 0.6 is 11.3 Å². The molecule has 0 aliphatic carbocycles. The third-order valence-corrected chi connectivity index (χ3v) is 5.81. The molecular formula is C25H19F4N3O3S. The van der Waals surface area contributed by atoms with E-state index in [1.165, 1.54) is 20.1 Å². The van der Waals surface area contributed by atoms with Crippen LogP contribution < -0.4 is 9.47 Å². The van der Waals surface area contributed by atoms with Crippen molar-refractivity contribution in [2.45, 2.75) is 19.3 Å². The van der Waals surface area contributed by atoms with Crippen molar-refractivity contribution in [3.05, 3.63) is 76.9 Å². The minimum absolute atomic E-state index is 0.0153. The van der Waals surface area contributed by atoms with Crippen LogP contribution in [0.5, 0.6) is 11.5 Å². The number of methoxy groups -OCH3 is 1. The van der Waals surface area contributed by atoms with Crippen molar-refractivity contribution in [1.82, 2.24) is 14.8 Å². The van der Waals surface area contributed by atoms with E-state index in [1.807, 2.05) is 0 Å². The molecule has 0 fully saturated rings. The molecule has 4 rings (SSSR count). The van der Waals surface area contributed by atoms with Gasteiger partial charge in [-0.2, -0.15) is 13.9 Å². The van der Waals surface area contributed by atoms with Gasteiger partial charge in [-0.05, 0) is 54.1 Å². The van der Waals surface area contributed by atoms with Crippen molar-refractivity contribution < 1.29 is 31.8 Å². The number of rotatable bonds is 8. The lowest BCUT2D eigenvalue weighted by Gasteiger charge is -2.15. The van der Waals surface area contributed by atoms with Crippen molar-refractivity contribution >= 4 is 29.5 Å². The van der Waals surface area contributed by atoms with Gasteiger partial charge < -0.3 is 9.47 Å². The highest BCUT2D eigenvalue weighted by Gasteiger charge is 2.46. The highest BCUT2D eigenvalue weighted by atomic mass is 32.1. The Bertz CT molecular complexity index is 1380. The van der Waals surface area contributed by atoms with Crippen LogP contribution in [-0.2, 0) is 10.7 Å². The normalized spacial score (nSPS) is 11.9. The first-order valence-corrected chi connectivity index (χ1v) is 11.4. The SMILES string of the molecule is COc1ccc(-c2csc(-n3nc(C=Cc4ccc(OC(C)=O)cc4)cc3C(F)(F)C(F)F)n2)cc1. The molecule has 0 spiro atoms. The second-order valence-corrected chi connectivity index (χ2v) is 8.37. The number of carbonyl (C=O) groups is 1. The van der Waals surface area contributed by atoms with E-state index in [2.05, 4.69) is 10.1 Å². The molecule has 186 valence electrons. The lowest BCUT2D eigenvalue weighted by Crippen LogP contribution is -2.26. The van der Waals surface area contributed by atoms with Crippen molar-refractivity contribution in [2.75, 3.05) is 7.11 Å². The summed E-state index contributed by atoms with van der Waals surface area (Å²) in [6.45, 7) is 1.28. The van der Waals surface area contributed by atoms with Crippen molar-refractivity contribution in [3.8, 4) is 27.9 Å². The summed E-state index contributed by atoms with van der Waals surface area (Å²) >= 11 is 0.998. The number of carbonyl (C=O) groups excluding carboxylic acids is 1. The Hall–Kier alpha value is -3.99.